The van der Waals surface area contributed by atoms with E-state index in [0.717, 1.165) is 140 Å². The molecule has 3 aliphatic heterocycles. The molecule has 0 saturated carbocycles. The Morgan fingerprint density at radius 1 is 0.396 bits per heavy atom. The van der Waals surface area contributed by atoms with E-state index < -0.39 is 0 Å². The Hall–Kier alpha value is -4.72. The van der Waals surface area contributed by atoms with Gasteiger partial charge in [-0.25, -0.2) is 0 Å². The highest BCUT2D eigenvalue weighted by atomic mass is 35.5. The zero-order chi connectivity index (χ0) is 72.0. The number of rotatable bonds is 12. The Kier molecular flexibility index (Phi) is 32.4. The van der Waals surface area contributed by atoms with Crippen LogP contribution in [0, 0.1) is 0 Å². The average molecular weight is 1650 g/mol. The molecule has 0 spiro atoms. The van der Waals surface area contributed by atoms with Crippen LogP contribution >= 0.6 is 174 Å². The molecule has 3 heterocycles. The van der Waals surface area contributed by atoms with Gasteiger partial charge in [-0.2, -0.15) is 0 Å². The maximum absolute atomic E-state index is 6.60. The van der Waals surface area contributed by atoms with Gasteiger partial charge in [-0.1, -0.05) is 224 Å². The topological polar surface area (TPSA) is 77.3 Å². The predicted molar refractivity (Wildman–Crippen MR) is 447 cm³/mol. The number of halogens is 12. The number of aliphatic imine (C=N–C) groups is 3. The van der Waals surface area contributed by atoms with Crippen molar-refractivity contribution in [3.05, 3.63) is 294 Å². The van der Waals surface area contributed by atoms with Crippen LogP contribution in [0.25, 0.3) is 0 Å². The minimum Gasteiger partial charge on any atom is -0.361 e. The molecule has 530 valence electrons. The molecule has 0 aliphatic carbocycles. The molecular formula is C76H74Cl12N10S3. The van der Waals surface area contributed by atoms with E-state index in [9.17, 15) is 0 Å². The third-order valence-electron chi connectivity index (χ3n) is 16.7. The molecule has 3 unspecified atom stereocenters. The van der Waals surface area contributed by atoms with E-state index in [2.05, 4.69) is 87.8 Å². The zero-order valence-electron chi connectivity index (χ0n) is 55.6. The molecule has 3 saturated heterocycles. The largest absolute Gasteiger partial charge is 0.361 e. The van der Waals surface area contributed by atoms with Crippen molar-refractivity contribution >= 4 is 207 Å². The lowest BCUT2D eigenvalue weighted by atomic mass is 10.0. The summed E-state index contributed by atoms with van der Waals surface area (Å²) in [7, 11) is 1.81. The van der Waals surface area contributed by atoms with Gasteiger partial charge in [-0.05, 0) is 180 Å². The fourth-order valence-corrected chi connectivity index (χ4v) is 15.7. The van der Waals surface area contributed by atoms with Crippen LogP contribution in [0.5, 0.6) is 0 Å². The fourth-order valence-electron chi connectivity index (χ4n) is 11.7. The Morgan fingerprint density at radius 2 is 0.743 bits per heavy atom. The number of guanidine groups is 1. The highest BCUT2D eigenvalue weighted by Crippen LogP contribution is 2.40. The molecule has 0 radical (unpaired) electrons. The van der Waals surface area contributed by atoms with E-state index in [1.54, 1.807) is 53.5 Å². The minimum absolute atomic E-state index is 0.0591. The molecular weight excluding hydrogens is 1570 g/mol. The van der Waals surface area contributed by atoms with Crippen molar-refractivity contribution in [3.63, 3.8) is 0 Å². The summed E-state index contributed by atoms with van der Waals surface area (Å²) in [6.45, 7) is 9.44. The summed E-state index contributed by atoms with van der Waals surface area (Å²) < 4.78 is 1.11. The first-order chi connectivity index (χ1) is 48.8. The van der Waals surface area contributed by atoms with Crippen LogP contribution in [0.2, 0.25) is 60.3 Å². The second-order valence-electron chi connectivity index (χ2n) is 23.2. The predicted octanol–water partition coefficient (Wildman–Crippen LogP) is 23.7. The molecule has 9 aromatic rings. The number of nitrogens with zero attached hydrogens (tertiary/aromatic N) is 8. The number of hydrogen-bond donors (Lipinski definition) is 2. The number of nitrogens with one attached hydrogen (secondary N) is 2. The summed E-state index contributed by atoms with van der Waals surface area (Å²) >= 11 is 79.0. The van der Waals surface area contributed by atoms with Gasteiger partial charge in [0, 0.05) is 118 Å². The molecule has 3 atom stereocenters. The van der Waals surface area contributed by atoms with Crippen molar-refractivity contribution < 1.29 is 0 Å². The normalized spacial score (nSPS) is 16.3. The van der Waals surface area contributed by atoms with Gasteiger partial charge in [0.05, 0.1) is 63.3 Å². The van der Waals surface area contributed by atoms with Gasteiger partial charge in [0.2, 0.25) is 0 Å². The van der Waals surface area contributed by atoms with Gasteiger partial charge in [-0.15, -0.1) is 23.5 Å². The minimum atomic E-state index is 0.0591. The van der Waals surface area contributed by atoms with Gasteiger partial charge in [0.25, 0.3) is 0 Å². The van der Waals surface area contributed by atoms with Crippen LogP contribution in [0.15, 0.2) is 215 Å². The summed E-state index contributed by atoms with van der Waals surface area (Å²) in [5.41, 5.74) is 9.97. The van der Waals surface area contributed by atoms with Crippen LogP contribution in [0.1, 0.15) is 51.5 Å². The van der Waals surface area contributed by atoms with E-state index in [-0.39, 0.29) is 18.1 Å². The van der Waals surface area contributed by atoms with Crippen LogP contribution < -0.4 is 25.3 Å². The highest BCUT2D eigenvalue weighted by molar-refractivity contribution is 8.38. The SMILES string of the molecule is CN=C(NCc1ccc(Cl)cc1)N1CCN(c2ccc(Cl)cc2Cl)C(c2ccc(Cl)cc2)C1.CSC(=NCc1ccc(Cl)cc1)N1CCN(c2ccc(Cl)cc2Cl)C(c2ccc(Cl)cc2)C1.CSC(=NCc1ccc(Cl)cc1)SC.Clc1ccc(C2CNCCN2c2ccc(Cl)cc2Cl)cc1. The Morgan fingerprint density at radius 3 is 1.13 bits per heavy atom. The highest BCUT2D eigenvalue weighted by Gasteiger charge is 2.33. The van der Waals surface area contributed by atoms with E-state index in [0.29, 0.717) is 48.2 Å². The first-order valence-electron chi connectivity index (χ1n) is 32.1. The third-order valence-corrected chi connectivity index (χ3v) is 22.6. The van der Waals surface area contributed by atoms with Crippen LogP contribution in [0.4, 0.5) is 17.1 Å². The van der Waals surface area contributed by atoms with Gasteiger partial charge in [0.1, 0.15) is 4.38 Å². The van der Waals surface area contributed by atoms with Crippen molar-refractivity contribution in [1.82, 2.24) is 20.4 Å². The quantitative estimate of drug-likeness (QED) is 0.0912. The standard InChI is InChI=1S/C25H24Cl4N4.C25H23Cl4N3S.C16H15Cl3N2.C10H12ClNS2/c1-30-25(31-15-17-2-6-19(26)7-3-17)32-12-13-33(23-11-10-21(28)14-22(23)29)24(16-32)18-4-8-20(27)9-5-18;1-33-25(30-15-17-2-6-19(26)7-3-17)31-12-13-32(23-11-10-21(28)14-22(23)29)24(16-31)18-4-8-20(27)9-5-18;17-12-3-1-11(2-4-12)16-10-20-7-8-21(16)15-6-5-13(18)9-14(15)19;1-13-10(14-2)12-7-8-3-5-9(11)6-4-8/h2-11,14,24H,12-13,15-16H2,1H3,(H,30,31);2-11,14,24H,12-13,15-16H2,1H3;1-6,9,16,20H,7-8,10H2;3-6H,7H2,1-2H3. The number of thioether (sulfide) groups is 3. The van der Waals surface area contributed by atoms with Crippen molar-refractivity contribution in [1.29, 1.82) is 0 Å². The maximum atomic E-state index is 6.60. The summed E-state index contributed by atoms with van der Waals surface area (Å²) in [5.74, 6) is 0.853. The molecule has 2 N–H and O–H groups in total. The Bertz CT molecular complexity index is 4200. The molecule has 0 amide bonds. The lowest BCUT2D eigenvalue weighted by molar-refractivity contribution is 0.320. The van der Waals surface area contributed by atoms with Gasteiger partial charge < -0.3 is 35.1 Å². The third kappa shape index (κ3) is 23.9. The second kappa shape index (κ2) is 40.7. The van der Waals surface area contributed by atoms with Crippen molar-refractivity contribution in [2.45, 2.75) is 37.8 Å². The van der Waals surface area contributed by atoms with E-state index in [1.807, 2.05) is 165 Å². The first-order valence-corrected chi connectivity index (χ1v) is 40.3. The average Bonchev–Trinajstić information content (AvgIpc) is 0.800. The molecule has 0 aromatic heterocycles. The molecule has 3 aliphatic rings. The Labute approximate surface area is 667 Å². The van der Waals surface area contributed by atoms with Crippen LogP contribution in [-0.2, 0) is 19.6 Å². The summed E-state index contributed by atoms with van der Waals surface area (Å²) in [6.07, 6.45) is 6.15. The molecule has 9 aromatic carbocycles. The van der Waals surface area contributed by atoms with Gasteiger partial charge >= 0.3 is 0 Å². The lowest BCUT2D eigenvalue weighted by Gasteiger charge is -2.44. The molecule has 0 bridgehead atoms. The number of hydrogen-bond acceptors (Lipinski definition) is 10. The molecule has 101 heavy (non-hydrogen) atoms. The summed E-state index contributed by atoms with van der Waals surface area (Å²) in [5, 5.41) is 16.2. The molecule has 25 heteroatoms. The Balaban J connectivity index is 0.000000164. The van der Waals surface area contributed by atoms with E-state index in [1.165, 1.54) is 16.7 Å². The smallest absolute Gasteiger partial charge is 0.194 e. The lowest BCUT2D eigenvalue weighted by Crippen LogP contribution is -2.53. The summed E-state index contributed by atoms with van der Waals surface area (Å²) in [6, 6.07) is 64.8. The zero-order valence-corrected chi connectivity index (χ0v) is 67.1. The van der Waals surface area contributed by atoms with E-state index in [4.69, 9.17) is 144 Å². The van der Waals surface area contributed by atoms with Gasteiger partial charge in [0.15, 0.2) is 11.1 Å². The van der Waals surface area contributed by atoms with Gasteiger partial charge in [-0.3, -0.25) is 15.0 Å². The molecule has 3 fully saturated rings. The number of benzene rings is 9. The fraction of sp³-hybridized carbons (Fsp3) is 0.250. The van der Waals surface area contributed by atoms with Crippen molar-refractivity contribution in [2.75, 3.05) is 99.4 Å². The molecule has 10 nitrogen and oxygen atoms in total. The van der Waals surface area contributed by atoms with Crippen LogP contribution in [0.3, 0.4) is 0 Å². The summed E-state index contributed by atoms with van der Waals surface area (Å²) in [4.78, 5) is 25.5. The van der Waals surface area contributed by atoms with Crippen molar-refractivity contribution in [3.8, 4) is 0 Å². The van der Waals surface area contributed by atoms with E-state index >= 15 is 0 Å². The first kappa shape index (κ1) is 80.4. The monoisotopic (exact) mass is 1640 g/mol. The number of amidine groups is 1. The number of piperazine rings is 3. The maximum Gasteiger partial charge on any atom is 0.194 e. The van der Waals surface area contributed by atoms with Crippen molar-refractivity contribution in [2.24, 2.45) is 15.0 Å². The van der Waals surface area contributed by atoms with Crippen LogP contribution in [-0.4, -0.2) is 110 Å². The number of anilines is 3. The molecule has 12 rings (SSSR count). The second-order valence-corrected chi connectivity index (χ2v) is 31.0.